The van der Waals surface area contributed by atoms with Crippen LogP contribution < -0.4 is 16.0 Å². The van der Waals surface area contributed by atoms with Crippen molar-refractivity contribution in [1.29, 1.82) is 0 Å². The maximum Gasteiger partial charge on any atom is 0.269 e. The summed E-state index contributed by atoms with van der Waals surface area (Å²) in [6, 6.07) is 11.8. The Hall–Kier alpha value is -4.38. The molecule has 0 bridgehead atoms. The number of carbonyl (C=O) groups is 2. The molecule has 1 aromatic heterocycles. The molecule has 1 amide bonds. The van der Waals surface area contributed by atoms with E-state index in [0.29, 0.717) is 22.8 Å². The van der Waals surface area contributed by atoms with Crippen molar-refractivity contribution in [2.24, 2.45) is 11.1 Å². The number of thiazole rings is 1. The van der Waals surface area contributed by atoms with Crippen LogP contribution in [0.2, 0.25) is 0 Å². The van der Waals surface area contributed by atoms with Gasteiger partial charge < -0.3 is 5.73 Å². The quantitative estimate of drug-likeness (QED) is 0.338. The molecule has 1 aliphatic carbocycles. The van der Waals surface area contributed by atoms with Crippen LogP contribution in [0, 0.1) is 21.3 Å². The molecular formula is C27H24FN5O4S. The van der Waals surface area contributed by atoms with Crippen LogP contribution in [0.15, 0.2) is 82.8 Å². The Balaban J connectivity index is 1.80. The lowest BCUT2D eigenvalue weighted by molar-refractivity contribution is -0.384. The molecule has 0 fully saturated rings. The van der Waals surface area contributed by atoms with Gasteiger partial charge >= 0.3 is 0 Å². The number of rotatable bonds is 5. The average Bonchev–Trinajstić information content (AvgIpc) is 3.36. The number of nitro groups is 1. The fourth-order valence-electron chi connectivity index (χ4n) is 5.14. The largest absolute Gasteiger partial charge is 0.384 e. The molecule has 0 saturated heterocycles. The lowest BCUT2D eigenvalue weighted by atomic mass is 9.68. The van der Waals surface area contributed by atoms with Crippen molar-refractivity contribution in [2.45, 2.75) is 32.6 Å². The van der Waals surface area contributed by atoms with E-state index in [1.807, 2.05) is 13.8 Å². The van der Waals surface area contributed by atoms with Crippen LogP contribution in [0.3, 0.4) is 0 Å². The van der Waals surface area contributed by atoms with Crippen LogP contribution >= 0.6 is 11.3 Å². The van der Waals surface area contributed by atoms with Crippen LogP contribution in [-0.4, -0.2) is 21.6 Å². The SMILES string of the molecule is CC1(C)CC(=O)C2=C(C1)N(c1ccccc1F)C(N)=C(C(=O)Nc1nccs1)C2c1cccc([N+](=O)[O-])c1. The Labute approximate surface area is 221 Å². The predicted molar refractivity (Wildman–Crippen MR) is 142 cm³/mol. The van der Waals surface area contributed by atoms with Gasteiger partial charge in [0.25, 0.3) is 11.6 Å². The van der Waals surface area contributed by atoms with Gasteiger partial charge in [-0.1, -0.05) is 38.1 Å². The highest BCUT2D eigenvalue weighted by Crippen LogP contribution is 2.51. The molecular weight excluding hydrogens is 509 g/mol. The van der Waals surface area contributed by atoms with Crippen LogP contribution in [0.5, 0.6) is 0 Å². The number of halogens is 1. The Bertz CT molecular complexity index is 1530. The van der Waals surface area contributed by atoms with Crippen molar-refractivity contribution in [1.82, 2.24) is 4.98 Å². The minimum atomic E-state index is -1.00. The molecule has 11 heteroatoms. The zero-order valence-electron chi connectivity index (χ0n) is 20.6. The van der Waals surface area contributed by atoms with Crippen LogP contribution in [0.1, 0.15) is 38.2 Å². The van der Waals surface area contributed by atoms with Crippen molar-refractivity contribution in [3.05, 3.63) is 104 Å². The number of nitrogens with one attached hydrogen (secondary N) is 1. The van der Waals surface area contributed by atoms with Crippen molar-refractivity contribution in [3.63, 3.8) is 0 Å². The third kappa shape index (κ3) is 4.45. The number of allylic oxidation sites excluding steroid dienone is 2. The number of hydrogen-bond donors (Lipinski definition) is 2. The topological polar surface area (TPSA) is 131 Å². The summed E-state index contributed by atoms with van der Waals surface area (Å²) in [5.41, 5.74) is 7.23. The fraction of sp³-hybridized carbons (Fsp3) is 0.222. The summed E-state index contributed by atoms with van der Waals surface area (Å²) in [6.45, 7) is 3.86. The van der Waals surface area contributed by atoms with Crippen LogP contribution in [0.4, 0.5) is 20.9 Å². The first kappa shape index (κ1) is 25.3. The fourth-order valence-corrected chi connectivity index (χ4v) is 5.67. The number of nitrogens with zero attached hydrogens (tertiary/aromatic N) is 3. The van der Waals surface area contributed by atoms with Gasteiger partial charge in [0, 0.05) is 47.3 Å². The van der Waals surface area contributed by atoms with E-state index in [9.17, 15) is 19.7 Å². The molecule has 0 radical (unpaired) electrons. The summed E-state index contributed by atoms with van der Waals surface area (Å²) in [4.78, 5) is 44.1. The van der Waals surface area contributed by atoms with Gasteiger partial charge in [0.05, 0.1) is 16.2 Å². The molecule has 2 heterocycles. The van der Waals surface area contributed by atoms with E-state index in [1.165, 1.54) is 58.8 Å². The Morgan fingerprint density at radius 3 is 2.68 bits per heavy atom. The summed E-state index contributed by atoms with van der Waals surface area (Å²) in [5, 5.41) is 16.3. The molecule has 2 aliphatic rings. The molecule has 0 saturated carbocycles. The van der Waals surface area contributed by atoms with Crippen molar-refractivity contribution in [2.75, 3.05) is 10.2 Å². The second-order valence-electron chi connectivity index (χ2n) is 9.96. The van der Waals surface area contributed by atoms with Gasteiger partial charge in [0.15, 0.2) is 10.9 Å². The third-order valence-corrected chi connectivity index (χ3v) is 7.35. The summed E-state index contributed by atoms with van der Waals surface area (Å²) < 4.78 is 15.2. The molecule has 9 nitrogen and oxygen atoms in total. The van der Waals surface area contributed by atoms with Crippen molar-refractivity contribution in [3.8, 4) is 0 Å². The Morgan fingerprint density at radius 1 is 1.24 bits per heavy atom. The summed E-state index contributed by atoms with van der Waals surface area (Å²) >= 11 is 1.19. The van der Waals surface area contributed by atoms with Gasteiger partial charge in [-0.2, -0.15) is 0 Å². The van der Waals surface area contributed by atoms with E-state index < -0.39 is 28.0 Å². The lowest BCUT2D eigenvalue weighted by Crippen LogP contribution is -2.44. The standard InChI is InChI=1S/C27H24FN5O4S/c1-27(2)13-19-22(20(34)14-27)21(15-6-5-7-16(12-15)33(36)37)23(25(35)31-26-30-10-11-38-26)24(29)32(19)18-9-4-3-8-17(18)28/h3-12,21H,13-14,29H2,1-2H3,(H,30,31,35). The van der Waals surface area contributed by atoms with E-state index in [-0.39, 0.29) is 40.5 Å². The van der Waals surface area contributed by atoms with Crippen LogP contribution in [-0.2, 0) is 9.59 Å². The molecule has 3 aromatic rings. The molecule has 1 unspecified atom stereocenters. The number of benzene rings is 2. The number of ketones is 1. The number of nitrogens with two attached hydrogens (primary N) is 1. The van der Waals surface area contributed by atoms with E-state index in [1.54, 1.807) is 17.5 Å². The summed E-state index contributed by atoms with van der Waals surface area (Å²) in [6.07, 6.45) is 2.08. The molecule has 2 aromatic carbocycles. The first-order chi connectivity index (χ1) is 18.1. The highest BCUT2D eigenvalue weighted by Gasteiger charge is 2.46. The lowest BCUT2D eigenvalue weighted by Gasteiger charge is -2.44. The number of hydrogen-bond acceptors (Lipinski definition) is 8. The summed E-state index contributed by atoms with van der Waals surface area (Å²) in [5.74, 6) is -2.52. The molecule has 1 aliphatic heterocycles. The zero-order valence-corrected chi connectivity index (χ0v) is 21.4. The second-order valence-corrected chi connectivity index (χ2v) is 10.9. The number of para-hydroxylation sites is 1. The average molecular weight is 534 g/mol. The molecule has 3 N–H and O–H groups in total. The molecule has 0 spiro atoms. The normalized spacial score (nSPS) is 18.9. The molecule has 5 rings (SSSR count). The monoisotopic (exact) mass is 533 g/mol. The van der Waals surface area contributed by atoms with E-state index in [4.69, 9.17) is 5.73 Å². The van der Waals surface area contributed by atoms with Gasteiger partial charge in [-0.3, -0.25) is 29.9 Å². The first-order valence-electron chi connectivity index (χ1n) is 11.8. The molecule has 1 atom stereocenters. The number of Topliss-reactive ketones (excluding diaryl/α,β-unsaturated/α-hetero) is 1. The van der Waals surface area contributed by atoms with E-state index in [2.05, 4.69) is 10.3 Å². The Kier molecular flexibility index (Phi) is 6.31. The maximum absolute atomic E-state index is 15.2. The summed E-state index contributed by atoms with van der Waals surface area (Å²) in [7, 11) is 0. The highest BCUT2D eigenvalue weighted by molar-refractivity contribution is 7.13. The van der Waals surface area contributed by atoms with Gasteiger partial charge in [-0.15, -0.1) is 11.3 Å². The smallest absolute Gasteiger partial charge is 0.269 e. The number of amides is 1. The van der Waals surface area contributed by atoms with Crippen molar-refractivity contribution >= 4 is 39.5 Å². The molecule has 194 valence electrons. The first-order valence-corrected chi connectivity index (χ1v) is 12.7. The molecule has 38 heavy (non-hydrogen) atoms. The van der Waals surface area contributed by atoms with E-state index in [0.717, 1.165) is 0 Å². The van der Waals surface area contributed by atoms with Crippen molar-refractivity contribution < 1.29 is 18.9 Å². The number of non-ortho nitro benzene ring substituents is 1. The minimum absolute atomic E-state index is 0.0178. The number of nitro benzene ring substituents is 1. The van der Waals surface area contributed by atoms with Gasteiger partial charge in [0.1, 0.15) is 11.6 Å². The predicted octanol–water partition coefficient (Wildman–Crippen LogP) is 5.25. The van der Waals surface area contributed by atoms with E-state index >= 15 is 4.39 Å². The second kappa shape index (κ2) is 9.49. The number of anilines is 2. The zero-order chi connectivity index (χ0) is 27.2. The third-order valence-electron chi connectivity index (χ3n) is 6.67. The van der Waals surface area contributed by atoms with Gasteiger partial charge in [-0.05, 0) is 29.5 Å². The highest BCUT2D eigenvalue weighted by atomic mass is 32.1. The van der Waals surface area contributed by atoms with Crippen LogP contribution in [0.25, 0.3) is 0 Å². The number of carbonyl (C=O) groups excluding carboxylic acids is 2. The Morgan fingerprint density at radius 2 is 2.00 bits per heavy atom. The number of aromatic nitrogens is 1. The van der Waals surface area contributed by atoms with Gasteiger partial charge in [0.2, 0.25) is 0 Å². The van der Waals surface area contributed by atoms with Gasteiger partial charge in [-0.25, -0.2) is 9.37 Å². The maximum atomic E-state index is 15.2. The minimum Gasteiger partial charge on any atom is -0.384 e.